The van der Waals surface area contributed by atoms with E-state index in [1.54, 1.807) is 7.11 Å². The minimum atomic E-state index is 0.208. The summed E-state index contributed by atoms with van der Waals surface area (Å²) in [6.45, 7) is 8.21. The van der Waals surface area contributed by atoms with Crippen molar-refractivity contribution >= 4 is 0 Å². The highest BCUT2D eigenvalue weighted by molar-refractivity contribution is 5.49. The SMILES string of the molecule is COc1c(C)c(C)cc(C)c1CCN(C)CCO. The van der Waals surface area contributed by atoms with Crippen molar-refractivity contribution in [1.82, 2.24) is 4.90 Å². The maximum Gasteiger partial charge on any atom is 0.125 e. The highest BCUT2D eigenvalue weighted by Gasteiger charge is 2.12. The van der Waals surface area contributed by atoms with E-state index in [0.717, 1.165) is 18.7 Å². The van der Waals surface area contributed by atoms with Gasteiger partial charge in [-0.05, 0) is 56.5 Å². The minimum Gasteiger partial charge on any atom is -0.496 e. The van der Waals surface area contributed by atoms with E-state index in [1.807, 2.05) is 7.05 Å². The summed E-state index contributed by atoms with van der Waals surface area (Å²) in [6.07, 6.45) is 0.951. The number of aliphatic hydroxyl groups is 1. The van der Waals surface area contributed by atoms with Crippen molar-refractivity contribution < 1.29 is 9.84 Å². The van der Waals surface area contributed by atoms with E-state index in [-0.39, 0.29) is 6.61 Å². The summed E-state index contributed by atoms with van der Waals surface area (Å²) in [4.78, 5) is 2.13. The molecule has 0 saturated heterocycles. The third-order valence-corrected chi connectivity index (χ3v) is 3.54. The standard InChI is InChI=1S/C15H25NO2/c1-11-10-12(2)14(15(18-5)13(11)3)6-7-16(4)8-9-17/h10,17H,6-9H2,1-5H3. The van der Waals surface area contributed by atoms with Crippen LogP contribution in [0.1, 0.15) is 22.3 Å². The summed E-state index contributed by atoms with van der Waals surface area (Å²) in [5, 5.41) is 8.90. The first-order valence-corrected chi connectivity index (χ1v) is 6.44. The quantitative estimate of drug-likeness (QED) is 0.840. The summed E-state index contributed by atoms with van der Waals surface area (Å²) < 4.78 is 5.56. The molecule has 3 heteroatoms. The van der Waals surface area contributed by atoms with E-state index in [4.69, 9.17) is 9.84 Å². The number of hydrogen-bond donors (Lipinski definition) is 1. The molecule has 1 rings (SSSR count). The van der Waals surface area contributed by atoms with Gasteiger partial charge in [0.15, 0.2) is 0 Å². The van der Waals surface area contributed by atoms with Gasteiger partial charge in [-0.2, -0.15) is 0 Å². The van der Waals surface area contributed by atoms with Gasteiger partial charge in [0, 0.05) is 13.1 Å². The van der Waals surface area contributed by atoms with Gasteiger partial charge < -0.3 is 14.7 Å². The fourth-order valence-corrected chi connectivity index (χ4v) is 2.28. The van der Waals surface area contributed by atoms with Crippen LogP contribution in [0.2, 0.25) is 0 Å². The lowest BCUT2D eigenvalue weighted by Gasteiger charge is -2.20. The molecule has 0 heterocycles. The van der Waals surface area contributed by atoms with Crippen molar-refractivity contribution in [1.29, 1.82) is 0 Å². The first kappa shape index (κ1) is 15.0. The average molecular weight is 251 g/mol. The van der Waals surface area contributed by atoms with Gasteiger partial charge in [0.05, 0.1) is 13.7 Å². The van der Waals surface area contributed by atoms with Gasteiger partial charge in [-0.15, -0.1) is 0 Å². The molecule has 18 heavy (non-hydrogen) atoms. The molecule has 0 aliphatic heterocycles. The van der Waals surface area contributed by atoms with Gasteiger partial charge in [-0.3, -0.25) is 0 Å². The molecule has 102 valence electrons. The molecule has 1 aromatic rings. The van der Waals surface area contributed by atoms with Gasteiger partial charge >= 0.3 is 0 Å². The predicted molar refractivity (Wildman–Crippen MR) is 75.5 cm³/mol. The van der Waals surface area contributed by atoms with Crippen LogP contribution in [0.4, 0.5) is 0 Å². The molecule has 0 bridgehead atoms. The molecule has 0 fully saturated rings. The molecule has 0 saturated carbocycles. The molecule has 0 aliphatic carbocycles. The number of aliphatic hydroxyl groups excluding tert-OH is 1. The smallest absolute Gasteiger partial charge is 0.125 e. The van der Waals surface area contributed by atoms with Gasteiger partial charge in [0.2, 0.25) is 0 Å². The Morgan fingerprint density at radius 2 is 1.83 bits per heavy atom. The Morgan fingerprint density at radius 1 is 1.17 bits per heavy atom. The minimum absolute atomic E-state index is 0.208. The second kappa shape index (κ2) is 6.76. The monoisotopic (exact) mass is 251 g/mol. The Hall–Kier alpha value is -1.06. The molecular formula is C15H25NO2. The maximum absolute atomic E-state index is 8.90. The van der Waals surface area contributed by atoms with E-state index >= 15 is 0 Å². The van der Waals surface area contributed by atoms with Gasteiger partial charge in [0.1, 0.15) is 5.75 Å². The predicted octanol–water partition coefficient (Wildman–Crippen LogP) is 2.09. The fourth-order valence-electron chi connectivity index (χ4n) is 2.28. The molecule has 0 aliphatic rings. The number of benzene rings is 1. The summed E-state index contributed by atoms with van der Waals surface area (Å²) in [5.41, 5.74) is 5.07. The van der Waals surface area contributed by atoms with Crippen molar-refractivity contribution in [3.8, 4) is 5.75 Å². The number of rotatable bonds is 6. The zero-order chi connectivity index (χ0) is 13.7. The number of likely N-dealkylation sites (N-methyl/N-ethyl adjacent to an activating group) is 1. The third kappa shape index (κ3) is 3.47. The molecule has 1 N–H and O–H groups in total. The van der Waals surface area contributed by atoms with Crippen molar-refractivity contribution in [2.24, 2.45) is 0 Å². The lowest BCUT2D eigenvalue weighted by molar-refractivity contribution is 0.222. The Balaban J connectivity index is 2.91. The van der Waals surface area contributed by atoms with Crippen LogP contribution in [0.3, 0.4) is 0 Å². The molecule has 0 aromatic heterocycles. The van der Waals surface area contributed by atoms with E-state index in [9.17, 15) is 0 Å². The summed E-state index contributed by atoms with van der Waals surface area (Å²) >= 11 is 0. The Morgan fingerprint density at radius 3 is 2.39 bits per heavy atom. The van der Waals surface area contributed by atoms with E-state index in [1.165, 1.54) is 22.3 Å². The van der Waals surface area contributed by atoms with Gasteiger partial charge in [0.25, 0.3) is 0 Å². The molecular weight excluding hydrogens is 226 g/mol. The van der Waals surface area contributed by atoms with Crippen LogP contribution < -0.4 is 4.74 Å². The highest BCUT2D eigenvalue weighted by atomic mass is 16.5. The van der Waals surface area contributed by atoms with Crippen molar-refractivity contribution in [3.63, 3.8) is 0 Å². The van der Waals surface area contributed by atoms with E-state index in [2.05, 4.69) is 31.7 Å². The summed E-state index contributed by atoms with van der Waals surface area (Å²) in [5.74, 6) is 1.02. The normalized spacial score (nSPS) is 11.1. The van der Waals surface area contributed by atoms with Crippen LogP contribution in [0.25, 0.3) is 0 Å². The molecule has 0 atom stereocenters. The molecule has 0 amide bonds. The largest absolute Gasteiger partial charge is 0.496 e. The molecule has 0 spiro atoms. The Bertz CT molecular complexity index is 402. The van der Waals surface area contributed by atoms with Crippen LogP contribution in [0.5, 0.6) is 5.75 Å². The van der Waals surface area contributed by atoms with Crippen LogP contribution in [0, 0.1) is 20.8 Å². The first-order chi connectivity index (χ1) is 8.51. The number of hydrogen-bond acceptors (Lipinski definition) is 3. The molecule has 0 unspecified atom stereocenters. The molecule has 0 radical (unpaired) electrons. The maximum atomic E-state index is 8.90. The molecule has 1 aromatic carbocycles. The number of aryl methyl sites for hydroxylation is 2. The average Bonchev–Trinajstić information content (AvgIpc) is 2.32. The highest BCUT2D eigenvalue weighted by Crippen LogP contribution is 2.29. The summed E-state index contributed by atoms with van der Waals surface area (Å²) in [7, 11) is 3.77. The Labute approximate surface area is 110 Å². The second-order valence-electron chi connectivity index (χ2n) is 4.92. The van der Waals surface area contributed by atoms with Crippen molar-refractivity contribution in [3.05, 3.63) is 28.3 Å². The first-order valence-electron chi connectivity index (χ1n) is 6.44. The van der Waals surface area contributed by atoms with Crippen LogP contribution in [-0.2, 0) is 6.42 Å². The molecule has 3 nitrogen and oxygen atoms in total. The zero-order valence-corrected chi connectivity index (χ0v) is 12.2. The zero-order valence-electron chi connectivity index (χ0n) is 12.2. The summed E-state index contributed by atoms with van der Waals surface area (Å²) in [6, 6.07) is 2.22. The van der Waals surface area contributed by atoms with Gasteiger partial charge in [-0.25, -0.2) is 0 Å². The van der Waals surface area contributed by atoms with Crippen molar-refractivity contribution in [2.75, 3.05) is 33.9 Å². The fraction of sp³-hybridized carbons (Fsp3) is 0.600. The van der Waals surface area contributed by atoms with E-state index < -0.39 is 0 Å². The number of ether oxygens (including phenoxy) is 1. The van der Waals surface area contributed by atoms with Crippen LogP contribution in [-0.4, -0.2) is 43.9 Å². The number of methoxy groups -OCH3 is 1. The second-order valence-corrected chi connectivity index (χ2v) is 4.92. The van der Waals surface area contributed by atoms with Crippen LogP contribution >= 0.6 is 0 Å². The third-order valence-electron chi connectivity index (χ3n) is 3.54. The lowest BCUT2D eigenvalue weighted by Crippen LogP contribution is -2.25. The lowest BCUT2D eigenvalue weighted by atomic mass is 9.97. The number of nitrogens with zero attached hydrogens (tertiary/aromatic N) is 1. The van der Waals surface area contributed by atoms with Gasteiger partial charge in [-0.1, -0.05) is 6.07 Å². The Kier molecular flexibility index (Phi) is 5.63. The van der Waals surface area contributed by atoms with Crippen LogP contribution in [0.15, 0.2) is 6.07 Å². The van der Waals surface area contributed by atoms with E-state index in [0.29, 0.717) is 6.54 Å². The van der Waals surface area contributed by atoms with Crippen molar-refractivity contribution in [2.45, 2.75) is 27.2 Å². The topological polar surface area (TPSA) is 32.7 Å².